The molecule has 246 valence electrons. The Bertz CT molecular complexity index is 1770. The van der Waals surface area contributed by atoms with Gasteiger partial charge < -0.3 is 10.2 Å². The molecule has 5 rings (SSSR count). The maximum atomic E-state index is 14.7. The molecular formula is C38H42ClN3O4S. The summed E-state index contributed by atoms with van der Waals surface area (Å²) in [5, 5.41) is 3.65. The number of benzene rings is 4. The molecule has 0 bridgehead atoms. The molecule has 47 heavy (non-hydrogen) atoms. The molecule has 1 saturated carbocycles. The zero-order chi connectivity index (χ0) is 33.4. The van der Waals surface area contributed by atoms with E-state index >= 15 is 0 Å². The quantitative estimate of drug-likeness (QED) is 0.172. The van der Waals surface area contributed by atoms with Crippen molar-refractivity contribution in [3.8, 4) is 0 Å². The topological polar surface area (TPSA) is 86.8 Å². The van der Waals surface area contributed by atoms with Gasteiger partial charge in [0.25, 0.3) is 10.0 Å². The first-order chi connectivity index (χ1) is 22.6. The van der Waals surface area contributed by atoms with Crippen LogP contribution in [0.15, 0.2) is 108 Å². The molecule has 1 aliphatic rings. The minimum atomic E-state index is -4.20. The van der Waals surface area contributed by atoms with Gasteiger partial charge in [-0.3, -0.25) is 13.9 Å². The molecule has 0 radical (unpaired) electrons. The van der Waals surface area contributed by atoms with Gasteiger partial charge in [0.05, 0.1) is 10.6 Å². The molecule has 7 nitrogen and oxygen atoms in total. The van der Waals surface area contributed by atoms with Crippen LogP contribution in [0.4, 0.5) is 5.69 Å². The highest BCUT2D eigenvalue weighted by atomic mass is 35.5. The van der Waals surface area contributed by atoms with Gasteiger partial charge >= 0.3 is 0 Å². The molecular weight excluding hydrogens is 630 g/mol. The van der Waals surface area contributed by atoms with Crippen LogP contribution in [-0.4, -0.2) is 43.8 Å². The van der Waals surface area contributed by atoms with Gasteiger partial charge in [-0.05, 0) is 85.3 Å². The first kappa shape index (κ1) is 34.2. The lowest BCUT2D eigenvalue weighted by Crippen LogP contribution is -2.55. The first-order valence-electron chi connectivity index (χ1n) is 16.1. The van der Waals surface area contributed by atoms with E-state index in [9.17, 15) is 18.0 Å². The normalized spacial score (nSPS) is 14.3. The molecule has 1 unspecified atom stereocenters. The van der Waals surface area contributed by atoms with Crippen molar-refractivity contribution in [2.75, 3.05) is 10.8 Å². The molecule has 1 N–H and O–H groups in total. The summed E-state index contributed by atoms with van der Waals surface area (Å²) in [6.07, 6.45) is 5.33. The number of amides is 2. The Morgan fingerprint density at radius 1 is 0.851 bits per heavy atom. The summed E-state index contributed by atoms with van der Waals surface area (Å²) in [7, 11) is -4.20. The van der Waals surface area contributed by atoms with Gasteiger partial charge in [-0.2, -0.15) is 0 Å². The molecule has 2 amide bonds. The number of nitrogens with one attached hydrogen (secondary N) is 1. The highest BCUT2D eigenvalue weighted by molar-refractivity contribution is 7.92. The van der Waals surface area contributed by atoms with Crippen LogP contribution in [0.5, 0.6) is 0 Å². The van der Waals surface area contributed by atoms with E-state index in [0.29, 0.717) is 10.7 Å². The van der Waals surface area contributed by atoms with Crippen molar-refractivity contribution in [1.29, 1.82) is 0 Å². The van der Waals surface area contributed by atoms with Gasteiger partial charge in [-0.25, -0.2) is 8.42 Å². The van der Waals surface area contributed by atoms with Crippen LogP contribution in [0.2, 0.25) is 5.02 Å². The highest BCUT2D eigenvalue weighted by Gasteiger charge is 2.35. The third-order valence-electron chi connectivity index (χ3n) is 8.79. The minimum absolute atomic E-state index is 0.0116. The summed E-state index contributed by atoms with van der Waals surface area (Å²) >= 11 is 6.09. The lowest BCUT2D eigenvalue weighted by molar-refractivity contribution is -0.140. The molecule has 4 aromatic carbocycles. The third-order valence-corrected chi connectivity index (χ3v) is 10.8. The van der Waals surface area contributed by atoms with Crippen LogP contribution in [0.25, 0.3) is 0 Å². The van der Waals surface area contributed by atoms with E-state index in [0.717, 1.165) is 58.7 Å². The molecule has 0 aliphatic heterocycles. The number of anilines is 1. The van der Waals surface area contributed by atoms with E-state index < -0.39 is 28.5 Å². The number of carbonyl (C=O) groups is 2. The van der Waals surface area contributed by atoms with Crippen LogP contribution >= 0.6 is 11.6 Å². The average Bonchev–Trinajstić information content (AvgIpc) is 3.07. The first-order valence-corrected chi connectivity index (χ1v) is 18.0. The van der Waals surface area contributed by atoms with Crippen molar-refractivity contribution in [2.45, 2.75) is 75.9 Å². The Hall–Kier alpha value is -4.14. The fourth-order valence-corrected chi connectivity index (χ4v) is 7.65. The van der Waals surface area contributed by atoms with Crippen LogP contribution in [0, 0.1) is 13.8 Å². The monoisotopic (exact) mass is 671 g/mol. The summed E-state index contributed by atoms with van der Waals surface area (Å²) in [6, 6.07) is 29.5. The highest BCUT2D eigenvalue weighted by Crippen LogP contribution is 2.27. The molecule has 0 heterocycles. The molecule has 1 aliphatic carbocycles. The molecule has 0 saturated heterocycles. The number of rotatable bonds is 12. The van der Waals surface area contributed by atoms with E-state index in [2.05, 4.69) is 5.32 Å². The number of hydrogen-bond donors (Lipinski definition) is 1. The second-order valence-corrected chi connectivity index (χ2v) is 14.6. The van der Waals surface area contributed by atoms with E-state index in [4.69, 9.17) is 11.6 Å². The number of halogens is 1. The molecule has 9 heteroatoms. The largest absolute Gasteiger partial charge is 0.352 e. The van der Waals surface area contributed by atoms with Crippen molar-refractivity contribution in [3.63, 3.8) is 0 Å². The van der Waals surface area contributed by atoms with Crippen molar-refractivity contribution < 1.29 is 18.0 Å². The van der Waals surface area contributed by atoms with E-state index in [1.165, 1.54) is 24.3 Å². The second-order valence-electron chi connectivity index (χ2n) is 12.3. The van der Waals surface area contributed by atoms with Gasteiger partial charge in [0.15, 0.2) is 0 Å². The lowest BCUT2D eigenvalue weighted by atomic mass is 9.94. The van der Waals surface area contributed by atoms with Crippen molar-refractivity contribution in [2.24, 2.45) is 0 Å². The Labute approximate surface area is 283 Å². The van der Waals surface area contributed by atoms with E-state index in [-0.39, 0.29) is 29.8 Å². The van der Waals surface area contributed by atoms with Gasteiger partial charge in [-0.1, -0.05) is 97.6 Å². The summed E-state index contributed by atoms with van der Waals surface area (Å²) < 4.78 is 29.6. The van der Waals surface area contributed by atoms with Crippen LogP contribution in [0.3, 0.4) is 0 Å². The molecule has 4 aromatic rings. The van der Waals surface area contributed by atoms with Crippen molar-refractivity contribution in [1.82, 2.24) is 10.2 Å². The summed E-state index contributed by atoms with van der Waals surface area (Å²) in [6.45, 7) is 3.48. The molecule has 0 spiro atoms. The van der Waals surface area contributed by atoms with Gasteiger partial charge in [-0.15, -0.1) is 0 Å². The standard InChI is InChI=1S/C38H42ClN3O4S/c1-28-12-11-19-34(24-28)42(47(45,46)35-22-20-32(39)21-23-35)27-37(43)41(26-31-16-10-9-13-29(31)2)36(25-30-14-5-3-6-15-30)38(44)40-33-17-7-4-8-18-33/h3,5-6,9-16,19-24,33,36H,4,7-8,17-18,25-27H2,1-2H3,(H,40,44). The predicted octanol–water partition coefficient (Wildman–Crippen LogP) is 7.24. The van der Waals surface area contributed by atoms with Gasteiger partial charge in [0.1, 0.15) is 12.6 Å². The Balaban J connectivity index is 1.57. The van der Waals surface area contributed by atoms with Gasteiger partial charge in [0.2, 0.25) is 11.8 Å². The smallest absolute Gasteiger partial charge is 0.264 e. The molecule has 1 atom stereocenters. The zero-order valence-electron chi connectivity index (χ0n) is 26.9. The van der Waals surface area contributed by atoms with E-state index in [1.807, 2.05) is 74.5 Å². The van der Waals surface area contributed by atoms with Crippen LogP contribution in [-0.2, 0) is 32.6 Å². The summed E-state index contributed by atoms with van der Waals surface area (Å²) in [4.78, 5) is 30.5. The number of hydrogen-bond acceptors (Lipinski definition) is 4. The maximum Gasteiger partial charge on any atom is 0.264 e. The predicted molar refractivity (Wildman–Crippen MR) is 188 cm³/mol. The number of nitrogens with zero attached hydrogens (tertiary/aromatic N) is 2. The number of carbonyl (C=O) groups excluding carboxylic acids is 2. The zero-order valence-corrected chi connectivity index (χ0v) is 28.5. The van der Waals surface area contributed by atoms with Crippen LogP contribution < -0.4 is 9.62 Å². The Kier molecular flexibility index (Phi) is 11.4. The average molecular weight is 672 g/mol. The van der Waals surface area contributed by atoms with E-state index in [1.54, 1.807) is 23.1 Å². The summed E-state index contributed by atoms with van der Waals surface area (Å²) in [5.41, 5.74) is 3.96. The molecule has 0 aromatic heterocycles. The fraction of sp³-hybridized carbons (Fsp3) is 0.316. The minimum Gasteiger partial charge on any atom is -0.352 e. The third kappa shape index (κ3) is 8.82. The van der Waals surface area contributed by atoms with Crippen LogP contribution in [0.1, 0.15) is 54.4 Å². The number of sulfonamides is 1. The number of aryl methyl sites for hydroxylation is 2. The second kappa shape index (κ2) is 15.6. The maximum absolute atomic E-state index is 14.7. The Morgan fingerprint density at radius 2 is 1.53 bits per heavy atom. The summed E-state index contributed by atoms with van der Waals surface area (Å²) in [5.74, 6) is -0.711. The fourth-order valence-electron chi connectivity index (χ4n) is 6.11. The van der Waals surface area contributed by atoms with Gasteiger partial charge in [0, 0.05) is 24.0 Å². The van der Waals surface area contributed by atoms with Crippen molar-refractivity contribution in [3.05, 3.63) is 130 Å². The lowest BCUT2D eigenvalue weighted by Gasteiger charge is -2.35. The molecule has 1 fully saturated rings. The Morgan fingerprint density at radius 3 is 2.21 bits per heavy atom. The SMILES string of the molecule is Cc1cccc(N(CC(=O)N(Cc2ccccc2C)C(Cc2ccccc2)C(=O)NC2CCCCC2)S(=O)(=O)c2ccc(Cl)cc2)c1. The van der Waals surface area contributed by atoms with Crippen molar-refractivity contribution >= 4 is 39.1 Å².